The van der Waals surface area contributed by atoms with Crippen molar-refractivity contribution in [3.05, 3.63) is 158 Å². The molecule has 0 radical (unpaired) electrons. The average Bonchev–Trinajstić information content (AvgIpc) is 3.72. The standard InChI is InChI=1S/C44H26O2/c1-2-13-30-27(11-1)12-9-19-31(30)43-34-16-5-3-14-32(34)42(33-15-4-6-17-35(33)43)28-23-24-38-29(25-28)26-41(45-38)37-20-10-22-40-44(37)36-18-7-8-21-39(36)46-40/h1-26H. The molecule has 0 bridgehead atoms. The molecule has 0 fully saturated rings. The smallest absolute Gasteiger partial charge is 0.136 e. The van der Waals surface area contributed by atoms with Gasteiger partial charge in [0, 0.05) is 21.7 Å². The molecule has 2 heterocycles. The second-order valence-electron chi connectivity index (χ2n) is 12.0. The van der Waals surface area contributed by atoms with Gasteiger partial charge in [0.1, 0.15) is 22.5 Å². The summed E-state index contributed by atoms with van der Waals surface area (Å²) in [6.45, 7) is 0. The molecule has 0 atom stereocenters. The van der Waals surface area contributed by atoms with Gasteiger partial charge in [-0.3, -0.25) is 0 Å². The number of rotatable bonds is 3. The summed E-state index contributed by atoms with van der Waals surface area (Å²) in [6, 6.07) is 56.1. The Balaban J connectivity index is 1.22. The van der Waals surface area contributed by atoms with Crippen molar-refractivity contribution in [2.75, 3.05) is 0 Å². The van der Waals surface area contributed by atoms with Crippen molar-refractivity contribution in [3.63, 3.8) is 0 Å². The van der Waals surface area contributed by atoms with E-state index in [1.807, 2.05) is 24.3 Å². The first-order chi connectivity index (χ1) is 22.8. The third kappa shape index (κ3) is 3.65. The highest BCUT2D eigenvalue weighted by Gasteiger charge is 2.19. The van der Waals surface area contributed by atoms with Crippen molar-refractivity contribution in [1.82, 2.24) is 0 Å². The fourth-order valence-corrected chi connectivity index (χ4v) is 7.48. The van der Waals surface area contributed by atoms with Crippen molar-refractivity contribution >= 4 is 65.2 Å². The van der Waals surface area contributed by atoms with Crippen LogP contribution in [0.4, 0.5) is 0 Å². The van der Waals surface area contributed by atoms with Gasteiger partial charge < -0.3 is 8.83 Å². The highest BCUT2D eigenvalue weighted by atomic mass is 16.3. The van der Waals surface area contributed by atoms with Crippen LogP contribution in [-0.4, -0.2) is 0 Å². The van der Waals surface area contributed by atoms with Gasteiger partial charge in [-0.05, 0) is 84.9 Å². The van der Waals surface area contributed by atoms with Crippen LogP contribution < -0.4 is 0 Å². The minimum absolute atomic E-state index is 0.838. The van der Waals surface area contributed by atoms with E-state index in [1.165, 1.54) is 54.6 Å². The molecule has 0 saturated heterocycles. The molecule has 10 aromatic rings. The minimum atomic E-state index is 0.838. The van der Waals surface area contributed by atoms with Gasteiger partial charge in [-0.25, -0.2) is 0 Å². The van der Waals surface area contributed by atoms with Crippen LogP contribution in [-0.2, 0) is 0 Å². The van der Waals surface area contributed by atoms with Crippen molar-refractivity contribution in [2.24, 2.45) is 0 Å². The molecule has 0 aliphatic carbocycles. The lowest BCUT2D eigenvalue weighted by atomic mass is 9.84. The van der Waals surface area contributed by atoms with Crippen molar-refractivity contribution in [3.8, 4) is 33.6 Å². The lowest BCUT2D eigenvalue weighted by molar-refractivity contribution is 0.632. The molecular weight excluding hydrogens is 560 g/mol. The lowest BCUT2D eigenvalue weighted by Gasteiger charge is -2.18. The Labute approximate surface area is 264 Å². The molecule has 214 valence electrons. The molecule has 2 heteroatoms. The molecule has 8 aromatic carbocycles. The average molecular weight is 587 g/mol. The topological polar surface area (TPSA) is 26.3 Å². The summed E-state index contributed by atoms with van der Waals surface area (Å²) in [4.78, 5) is 0. The van der Waals surface area contributed by atoms with Crippen LogP contribution in [0.3, 0.4) is 0 Å². The maximum Gasteiger partial charge on any atom is 0.136 e. The van der Waals surface area contributed by atoms with Crippen LogP contribution in [0.15, 0.2) is 167 Å². The summed E-state index contributed by atoms with van der Waals surface area (Å²) >= 11 is 0. The van der Waals surface area contributed by atoms with E-state index in [0.29, 0.717) is 0 Å². The van der Waals surface area contributed by atoms with E-state index < -0.39 is 0 Å². The predicted molar refractivity (Wildman–Crippen MR) is 192 cm³/mol. The zero-order valence-electron chi connectivity index (χ0n) is 24.8. The quantitative estimate of drug-likeness (QED) is 0.193. The largest absolute Gasteiger partial charge is 0.456 e. The normalized spacial score (nSPS) is 11.9. The predicted octanol–water partition coefficient (Wildman–Crippen LogP) is 12.8. The molecule has 0 saturated carbocycles. The van der Waals surface area contributed by atoms with Gasteiger partial charge >= 0.3 is 0 Å². The number of furan rings is 2. The summed E-state index contributed by atoms with van der Waals surface area (Å²) in [6.07, 6.45) is 0. The molecule has 0 spiro atoms. The number of benzene rings is 8. The monoisotopic (exact) mass is 586 g/mol. The van der Waals surface area contributed by atoms with E-state index in [1.54, 1.807) is 0 Å². The van der Waals surface area contributed by atoms with Gasteiger partial charge in [0.05, 0.1) is 0 Å². The van der Waals surface area contributed by atoms with Gasteiger partial charge in [-0.15, -0.1) is 0 Å². The molecule has 46 heavy (non-hydrogen) atoms. The molecule has 0 aliphatic heterocycles. The van der Waals surface area contributed by atoms with E-state index in [0.717, 1.165) is 44.2 Å². The number of hydrogen-bond donors (Lipinski definition) is 0. The molecule has 0 unspecified atom stereocenters. The van der Waals surface area contributed by atoms with Gasteiger partial charge in [0.2, 0.25) is 0 Å². The van der Waals surface area contributed by atoms with Crippen LogP contribution in [0, 0.1) is 0 Å². The number of fused-ring (bicyclic) bond motifs is 7. The molecule has 2 nitrogen and oxygen atoms in total. The van der Waals surface area contributed by atoms with Gasteiger partial charge in [0.25, 0.3) is 0 Å². The Morgan fingerprint density at radius 2 is 0.913 bits per heavy atom. The fourth-order valence-electron chi connectivity index (χ4n) is 7.48. The van der Waals surface area contributed by atoms with E-state index in [2.05, 4.69) is 133 Å². The second-order valence-corrected chi connectivity index (χ2v) is 12.0. The van der Waals surface area contributed by atoms with Crippen molar-refractivity contribution in [1.29, 1.82) is 0 Å². The van der Waals surface area contributed by atoms with Crippen LogP contribution in [0.1, 0.15) is 0 Å². The van der Waals surface area contributed by atoms with E-state index in [9.17, 15) is 0 Å². The van der Waals surface area contributed by atoms with Gasteiger partial charge in [-0.1, -0.05) is 127 Å². The van der Waals surface area contributed by atoms with E-state index in [-0.39, 0.29) is 0 Å². The first kappa shape index (κ1) is 25.2. The summed E-state index contributed by atoms with van der Waals surface area (Å²) in [5, 5.41) is 10.7. The SMILES string of the molecule is c1ccc2c(-c3c4ccccc4c(-c4ccc5oc(-c6cccc7oc8ccccc8c67)cc5c4)c4ccccc34)cccc2c1. The highest BCUT2D eigenvalue weighted by Crippen LogP contribution is 2.46. The molecule has 10 rings (SSSR count). The van der Waals surface area contributed by atoms with Crippen molar-refractivity contribution in [2.45, 2.75) is 0 Å². The molecular formula is C44H26O2. The number of hydrogen-bond acceptors (Lipinski definition) is 2. The summed E-state index contributed by atoms with van der Waals surface area (Å²) < 4.78 is 12.7. The Kier molecular flexibility index (Phi) is 5.31. The Bertz CT molecular complexity index is 2750. The number of para-hydroxylation sites is 1. The van der Waals surface area contributed by atoms with Gasteiger partial charge in [-0.2, -0.15) is 0 Å². The molecule has 2 aromatic heterocycles. The third-order valence-corrected chi connectivity index (χ3v) is 9.46. The highest BCUT2D eigenvalue weighted by molar-refractivity contribution is 6.24. The second kappa shape index (κ2) is 9.69. The van der Waals surface area contributed by atoms with Crippen LogP contribution in [0.5, 0.6) is 0 Å². The van der Waals surface area contributed by atoms with E-state index in [4.69, 9.17) is 8.83 Å². The summed E-state index contributed by atoms with van der Waals surface area (Å²) in [7, 11) is 0. The molecule has 0 aliphatic rings. The molecule has 0 amide bonds. The van der Waals surface area contributed by atoms with E-state index >= 15 is 0 Å². The van der Waals surface area contributed by atoms with Gasteiger partial charge in [0.15, 0.2) is 0 Å². The first-order valence-electron chi connectivity index (χ1n) is 15.7. The maximum absolute atomic E-state index is 6.52. The lowest BCUT2D eigenvalue weighted by Crippen LogP contribution is -1.91. The Hall–Kier alpha value is -6.12. The summed E-state index contributed by atoms with van der Waals surface area (Å²) in [5.41, 5.74) is 8.59. The first-order valence-corrected chi connectivity index (χ1v) is 15.7. The third-order valence-electron chi connectivity index (χ3n) is 9.46. The van der Waals surface area contributed by atoms with Crippen molar-refractivity contribution < 1.29 is 8.83 Å². The van der Waals surface area contributed by atoms with Crippen LogP contribution >= 0.6 is 0 Å². The zero-order valence-corrected chi connectivity index (χ0v) is 24.8. The molecule has 0 N–H and O–H groups in total. The van der Waals surface area contributed by atoms with Crippen LogP contribution in [0.25, 0.3) is 98.8 Å². The zero-order chi connectivity index (χ0) is 30.2. The maximum atomic E-state index is 6.52. The van der Waals surface area contributed by atoms with Crippen LogP contribution in [0.2, 0.25) is 0 Å². The minimum Gasteiger partial charge on any atom is -0.456 e. The Morgan fingerprint density at radius 3 is 1.70 bits per heavy atom. The Morgan fingerprint density at radius 1 is 0.326 bits per heavy atom. The summed E-state index contributed by atoms with van der Waals surface area (Å²) in [5.74, 6) is 0.838. The fraction of sp³-hybridized carbons (Fsp3) is 0.